The lowest BCUT2D eigenvalue weighted by molar-refractivity contribution is -0.158. The molecule has 0 unspecified atom stereocenters. The SMILES string of the molecule is Cc1ccccc1C[C@@]1(CO)CN(C(=O)Cn2cccnc2=O)CCO1. The van der Waals surface area contributed by atoms with E-state index in [2.05, 4.69) is 4.98 Å². The van der Waals surface area contributed by atoms with Crippen LogP contribution in [0.15, 0.2) is 47.5 Å². The number of nitrogens with zero attached hydrogens (tertiary/aromatic N) is 3. The van der Waals surface area contributed by atoms with Gasteiger partial charge in [-0.15, -0.1) is 0 Å². The van der Waals surface area contributed by atoms with Crippen molar-refractivity contribution in [1.29, 1.82) is 0 Å². The highest BCUT2D eigenvalue weighted by Crippen LogP contribution is 2.24. The van der Waals surface area contributed by atoms with Crippen LogP contribution in [0.3, 0.4) is 0 Å². The van der Waals surface area contributed by atoms with Crippen molar-refractivity contribution in [3.05, 3.63) is 64.3 Å². The fourth-order valence-electron chi connectivity index (χ4n) is 3.22. The van der Waals surface area contributed by atoms with E-state index in [1.807, 2.05) is 31.2 Å². The van der Waals surface area contributed by atoms with Crippen LogP contribution in [0.5, 0.6) is 0 Å². The van der Waals surface area contributed by atoms with Gasteiger partial charge >= 0.3 is 5.69 Å². The highest BCUT2D eigenvalue weighted by molar-refractivity contribution is 5.76. The third-order valence-electron chi connectivity index (χ3n) is 4.75. The minimum absolute atomic E-state index is 0.0709. The summed E-state index contributed by atoms with van der Waals surface area (Å²) >= 11 is 0. The molecule has 1 aliphatic rings. The van der Waals surface area contributed by atoms with Crippen LogP contribution in [0, 0.1) is 6.92 Å². The Labute approximate surface area is 151 Å². The monoisotopic (exact) mass is 357 g/mol. The number of benzene rings is 1. The number of carbonyl (C=O) groups is 1. The largest absolute Gasteiger partial charge is 0.393 e. The summed E-state index contributed by atoms with van der Waals surface area (Å²) in [4.78, 5) is 29.7. The number of morpholine rings is 1. The van der Waals surface area contributed by atoms with Crippen LogP contribution in [0.4, 0.5) is 0 Å². The second kappa shape index (κ2) is 7.80. The van der Waals surface area contributed by atoms with E-state index in [-0.39, 0.29) is 25.6 Å². The second-order valence-electron chi connectivity index (χ2n) is 6.64. The average Bonchev–Trinajstić information content (AvgIpc) is 2.66. The molecule has 7 nitrogen and oxygen atoms in total. The summed E-state index contributed by atoms with van der Waals surface area (Å²) in [5, 5.41) is 10.00. The predicted octanol–water partition coefficient (Wildman–Crippen LogP) is 0.384. The van der Waals surface area contributed by atoms with Gasteiger partial charge in [0, 0.05) is 25.4 Å². The molecule has 1 amide bonds. The quantitative estimate of drug-likeness (QED) is 0.837. The van der Waals surface area contributed by atoms with Crippen molar-refractivity contribution >= 4 is 5.91 Å². The Morgan fingerprint density at radius 3 is 2.88 bits per heavy atom. The van der Waals surface area contributed by atoms with E-state index in [4.69, 9.17) is 4.74 Å². The van der Waals surface area contributed by atoms with Crippen molar-refractivity contribution in [2.45, 2.75) is 25.5 Å². The molecule has 0 saturated carbocycles. The topological polar surface area (TPSA) is 84.7 Å². The van der Waals surface area contributed by atoms with Gasteiger partial charge in [0.05, 0.1) is 19.8 Å². The molecule has 1 aliphatic heterocycles. The molecule has 1 aromatic heterocycles. The lowest BCUT2D eigenvalue weighted by atomic mass is 9.91. The number of hydrogen-bond acceptors (Lipinski definition) is 5. The number of aromatic nitrogens is 2. The number of aliphatic hydroxyl groups excluding tert-OH is 1. The molecule has 138 valence electrons. The van der Waals surface area contributed by atoms with Crippen molar-refractivity contribution in [3.8, 4) is 0 Å². The van der Waals surface area contributed by atoms with E-state index >= 15 is 0 Å². The number of aryl methyl sites for hydroxylation is 1. The summed E-state index contributed by atoms with van der Waals surface area (Å²) in [5.74, 6) is -0.189. The second-order valence-corrected chi connectivity index (χ2v) is 6.64. The molecule has 1 N–H and O–H groups in total. The first-order chi connectivity index (χ1) is 12.5. The maximum absolute atomic E-state index is 12.6. The molecule has 0 spiro atoms. The summed E-state index contributed by atoms with van der Waals surface area (Å²) in [6.07, 6.45) is 3.46. The number of carbonyl (C=O) groups excluding carboxylic acids is 1. The molecule has 0 radical (unpaired) electrons. The van der Waals surface area contributed by atoms with E-state index in [0.717, 1.165) is 11.1 Å². The van der Waals surface area contributed by atoms with E-state index < -0.39 is 11.3 Å². The Kier molecular flexibility index (Phi) is 5.49. The fraction of sp³-hybridized carbons (Fsp3) is 0.421. The Bertz CT molecular complexity index is 835. The lowest BCUT2D eigenvalue weighted by Gasteiger charge is -2.42. The fourth-order valence-corrected chi connectivity index (χ4v) is 3.22. The van der Waals surface area contributed by atoms with Crippen molar-refractivity contribution < 1.29 is 14.6 Å². The number of aliphatic hydroxyl groups is 1. The van der Waals surface area contributed by atoms with Crippen molar-refractivity contribution in [3.63, 3.8) is 0 Å². The van der Waals surface area contributed by atoms with Crippen LogP contribution >= 0.6 is 0 Å². The molecule has 2 heterocycles. The standard InChI is InChI=1S/C19H23N3O4/c1-15-5-2-3-6-16(15)11-19(14-23)13-22(9-10-26-19)17(24)12-21-8-4-7-20-18(21)25/h2-8,23H,9-14H2,1H3/t19-/m0/s1. The molecular weight excluding hydrogens is 334 g/mol. The molecule has 0 bridgehead atoms. The van der Waals surface area contributed by atoms with Gasteiger partial charge in [0.2, 0.25) is 5.91 Å². The van der Waals surface area contributed by atoms with E-state index in [9.17, 15) is 14.7 Å². The van der Waals surface area contributed by atoms with Crippen LogP contribution in [0.25, 0.3) is 0 Å². The van der Waals surface area contributed by atoms with Gasteiger partial charge in [-0.05, 0) is 24.1 Å². The average molecular weight is 357 g/mol. The molecule has 3 rings (SSSR count). The molecule has 1 fully saturated rings. The molecule has 26 heavy (non-hydrogen) atoms. The van der Waals surface area contributed by atoms with Crippen LogP contribution in [-0.2, 0) is 22.5 Å². The highest BCUT2D eigenvalue weighted by atomic mass is 16.5. The number of ether oxygens (including phenoxy) is 1. The molecule has 1 atom stereocenters. The zero-order chi connectivity index (χ0) is 18.6. The summed E-state index contributed by atoms with van der Waals surface area (Å²) < 4.78 is 7.18. The van der Waals surface area contributed by atoms with Gasteiger partial charge in [0.1, 0.15) is 12.1 Å². The first-order valence-corrected chi connectivity index (χ1v) is 8.61. The van der Waals surface area contributed by atoms with Crippen LogP contribution in [-0.4, -0.2) is 57.4 Å². The highest BCUT2D eigenvalue weighted by Gasteiger charge is 2.38. The third-order valence-corrected chi connectivity index (χ3v) is 4.75. The molecule has 2 aromatic rings. The number of rotatable bonds is 5. The zero-order valence-corrected chi connectivity index (χ0v) is 14.8. The summed E-state index contributed by atoms with van der Waals surface area (Å²) in [6, 6.07) is 9.55. The van der Waals surface area contributed by atoms with E-state index in [1.165, 1.54) is 10.8 Å². The van der Waals surface area contributed by atoms with Gasteiger partial charge in [-0.25, -0.2) is 9.78 Å². The van der Waals surface area contributed by atoms with Gasteiger partial charge < -0.3 is 14.7 Å². The Morgan fingerprint density at radius 2 is 2.15 bits per heavy atom. The summed E-state index contributed by atoms with van der Waals surface area (Å²) in [6.45, 7) is 2.83. The van der Waals surface area contributed by atoms with Gasteiger partial charge in [-0.2, -0.15) is 0 Å². The van der Waals surface area contributed by atoms with Gasteiger partial charge in [0.15, 0.2) is 0 Å². The first kappa shape index (κ1) is 18.3. The summed E-state index contributed by atoms with van der Waals surface area (Å²) in [7, 11) is 0. The lowest BCUT2D eigenvalue weighted by Crippen LogP contribution is -2.57. The maximum Gasteiger partial charge on any atom is 0.347 e. The van der Waals surface area contributed by atoms with Gasteiger partial charge in [0.25, 0.3) is 0 Å². The summed E-state index contributed by atoms with van der Waals surface area (Å²) in [5.41, 5.74) is 0.913. The number of hydrogen-bond donors (Lipinski definition) is 1. The third kappa shape index (κ3) is 4.00. The smallest absolute Gasteiger partial charge is 0.347 e. The van der Waals surface area contributed by atoms with Crippen LogP contribution in [0.2, 0.25) is 0 Å². The molecule has 1 aromatic carbocycles. The minimum atomic E-state index is -0.833. The minimum Gasteiger partial charge on any atom is -0.393 e. The van der Waals surface area contributed by atoms with Crippen molar-refractivity contribution in [2.75, 3.05) is 26.3 Å². The Morgan fingerprint density at radius 1 is 1.35 bits per heavy atom. The van der Waals surface area contributed by atoms with E-state index in [0.29, 0.717) is 19.6 Å². The molecule has 7 heteroatoms. The van der Waals surface area contributed by atoms with Crippen molar-refractivity contribution in [1.82, 2.24) is 14.5 Å². The zero-order valence-electron chi connectivity index (χ0n) is 14.8. The van der Waals surface area contributed by atoms with Crippen LogP contribution in [0.1, 0.15) is 11.1 Å². The maximum atomic E-state index is 12.6. The van der Waals surface area contributed by atoms with Crippen LogP contribution < -0.4 is 5.69 Å². The first-order valence-electron chi connectivity index (χ1n) is 8.61. The predicted molar refractivity (Wildman–Crippen MR) is 95.7 cm³/mol. The number of amides is 1. The molecule has 0 aliphatic carbocycles. The molecular formula is C19H23N3O4. The Hall–Kier alpha value is -2.51. The normalized spacial score (nSPS) is 20.2. The van der Waals surface area contributed by atoms with Crippen molar-refractivity contribution in [2.24, 2.45) is 0 Å². The Balaban J connectivity index is 1.74. The molecule has 1 saturated heterocycles. The van der Waals surface area contributed by atoms with Gasteiger partial charge in [-0.3, -0.25) is 9.36 Å². The van der Waals surface area contributed by atoms with Gasteiger partial charge in [-0.1, -0.05) is 24.3 Å². The van der Waals surface area contributed by atoms with E-state index in [1.54, 1.807) is 17.2 Å².